The maximum absolute atomic E-state index is 12.4. The number of alkyl halides is 3. The van der Waals surface area contributed by atoms with Gasteiger partial charge in [-0.15, -0.1) is 0 Å². The summed E-state index contributed by atoms with van der Waals surface area (Å²) in [5, 5.41) is 0. The molecule has 0 aromatic heterocycles. The van der Waals surface area contributed by atoms with Crippen molar-refractivity contribution in [3.05, 3.63) is 0 Å². The minimum absolute atomic E-state index is 0.105. The van der Waals surface area contributed by atoms with Crippen LogP contribution in [0.2, 0.25) is 0 Å². The summed E-state index contributed by atoms with van der Waals surface area (Å²) >= 11 is 0. The summed E-state index contributed by atoms with van der Waals surface area (Å²) in [6.45, 7) is 3.53. The number of nitrogens with zero attached hydrogens (tertiary/aromatic N) is 1. The van der Waals surface area contributed by atoms with Crippen molar-refractivity contribution in [1.29, 1.82) is 0 Å². The van der Waals surface area contributed by atoms with Crippen LogP contribution < -0.4 is 5.73 Å². The molecule has 1 fully saturated rings. The normalized spacial score (nSPS) is 19.5. The van der Waals surface area contributed by atoms with E-state index in [0.29, 0.717) is 12.5 Å². The van der Waals surface area contributed by atoms with Gasteiger partial charge in [0.15, 0.2) is 0 Å². The molecule has 0 radical (unpaired) electrons. The van der Waals surface area contributed by atoms with Crippen LogP contribution in [0.5, 0.6) is 0 Å². The quantitative estimate of drug-likeness (QED) is 0.770. The lowest BCUT2D eigenvalue weighted by atomic mass is 10.0. The summed E-state index contributed by atoms with van der Waals surface area (Å²) in [6.07, 6.45) is -1.62. The Bertz CT molecular complexity index is 212. The number of rotatable bonds is 6. The Kier molecular flexibility index (Phi) is 4.62. The van der Waals surface area contributed by atoms with Gasteiger partial charge in [0.25, 0.3) is 0 Å². The van der Waals surface area contributed by atoms with Crippen molar-refractivity contribution in [3.63, 3.8) is 0 Å². The summed E-state index contributed by atoms with van der Waals surface area (Å²) in [5.74, 6) is 0.378. The van der Waals surface area contributed by atoms with E-state index in [0.717, 1.165) is 19.3 Å². The summed E-state index contributed by atoms with van der Waals surface area (Å²) in [6, 6.07) is -0.0250. The van der Waals surface area contributed by atoms with Gasteiger partial charge < -0.3 is 5.73 Å². The fraction of sp³-hybridized carbons (Fsp3) is 1.00. The van der Waals surface area contributed by atoms with Crippen LogP contribution in [0.4, 0.5) is 13.2 Å². The molecular weight excluding hydrogens is 217 g/mol. The molecule has 5 heteroatoms. The predicted molar refractivity (Wildman–Crippen MR) is 58.1 cm³/mol. The molecule has 96 valence electrons. The van der Waals surface area contributed by atoms with E-state index in [-0.39, 0.29) is 12.1 Å². The highest BCUT2D eigenvalue weighted by atomic mass is 19.4. The molecule has 0 spiro atoms. The zero-order valence-corrected chi connectivity index (χ0v) is 9.93. The first-order valence-corrected chi connectivity index (χ1v) is 5.86. The molecule has 1 unspecified atom stereocenters. The third-order valence-corrected chi connectivity index (χ3v) is 2.86. The monoisotopic (exact) mass is 238 g/mol. The fourth-order valence-corrected chi connectivity index (χ4v) is 2.08. The Labute approximate surface area is 95.0 Å². The van der Waals surface area contributed by atoms with E-state index in [1.165, 1.54) is 0 Å². The van der Waals surface area contributed by atoms with Crippen molar-refractivity contribution >= 4 is 0 Å². The highest BCUT2D eigenvalue weighted by molar-refractivity contribution is 4.90. The van der Waals surface area contributed by atoms with Gasteiger partial charge in [-0.2, -0.15) is 13.2 Å². The Morgan fingerprint density at radius 3 is 2.19 bits per heavy atom. The van der Waals surface area contributed by atoms with Crippen molar-refractivity contribution in [3.8, 4) is 0 Å². The van der Waals surface area contributed by atoms with Gasteiger partial charge >= 0.3 is 6.18 Å². The minimum Gasteiger partial charge on any atom is -0.329 e. The number of hydrogen-bond donors (Lipinski definition) is 1. The average molecular weight is 238 g/mol. The lowest BCUT2D eigenvalue weighted by Crippen LogP contribution is -2.47. The van der Waals surface area contributed by atoms with Gasteiger partial charge in [-0.1, -0.05) is 13.8 Å². The standard InChI is InChI=1S/C11H21F3N2/c1-8(2)5-10(6-15)16(9-3-4-9)7-11(12,13)14/h8-10H,3-7,15H2,1-2H3. The second-order valence-electron chi connectivity index (χ2n) is 5.04. The number of nitrogens with two attached hydrogens (primary N) is 1. The second kappa shape index (κ2) is 5.36. The summed E-state index contributed by atoms with van der Waals surface area (Å²) in [7, 11) is 0. The molecule has 2 N–H and O–H groups in total. The number of hydrogen-bond acceptors (Lipinski definition) is 2. The largest absolute Gasteiger partial charge is 0.401 e. The molecule has 1 aliphatic carbocycles. The molecule has 0 aliphatic heterocycles. The lowest BCUT2D eigenvalue weighted by molar-refractivity contribution is -0.152. The molecule has 1 aliphatic rings. The Hall–Kier alpha value is -0.290. The van der Waals surface area contributed by atoms with E-state index in [2.05, 4.69) is 0 Å². The molecule has 0 heterocycles. The van der Waals surface area contributed by atoms with E-state index in [1.807, 2.05) is 13.8 Å². The molecule has 0 aromatic carbocycles. The Morgan fingerprint density at radius 1 is 1.31 bits per heavy atom. The topological polar surface area (TPSA) is 29.3 Å². The maximum Gasteiger partial charge on any atom is 0.401 e. The summed E-state index contributed by atoms with van der Waals surface area (Å²) in [4.78, 5) is 1.56. The van der Waals surface area contributed by atoms with Crippen LogP contribution in [0.25, 0.3) is 0 Å². The highest BCUT2D eigenvalue weighted by Gasteiger charge is 2.40. The second-order valence-corrected chi connectivity index (χ2v) is 5.04. The molecule has 16 heavy (non-hydrogen) atoms. The highest BCUT2D eigenvalue weighted by Crippen LogP contribution is 2.33. The van der Waals surface area contributed by atoms with Crippen LogP contribution in [0.3, 0.4) is 0 Å². The fourth-order valence-electron chi connectivity index (χ4n) is 2.08. The van der Waals surface area contributed by atoms with Crippen LogP contribution in [0, 0.1) is 5.92 Å². The first-order chi connectivity index (χ1) is 7.33. The summed E-state index contributed by atoms with van der Waals surface area (Å²) < 4.78 is 37.3. The van der Waals surface area contributed by atoms with Gasteiger partial charge in [0, 0.05) is 18.6 Å². The molecule has 0 aromatic rings. The lowest BCUT2D eigenvalue weighted by Gasteiger charge is -2.32. The van der Waals surface area contributed by atoms with Gasteiger partial charge in [-0.3, -0.25) is 4.90 Å². The summed E-state index contributed by atoms with van der Waals surface area (Å²) in [5.41, 5.74) is 5.60. The zero-order chi connectivity index (χ0) is 12.3. The average Bonchev–Trinajstić information content (AvgIpc) is 2.91. The molecule has 0 bridgehead atoms. The van der Waals surface area contributed by atoms with Gasteiger partial charge in [0.2, 0.25) is 0 Å². The Balaban J connectivity index is 2.59. The third kappa shape index (κ3) is 4.70. The molecule has 1 saturated carbocycles. The van der Waals surface area contributed by atoms with Gasteiger partial charge in [-0.25, -0.2) is 0 Å². The SMILES string of the molecule is CC(C)CC(CN)N(CC(F)(F)F)C1CC1. The van der Waals surface area contributed by atoms with Gasteiger partial charge in [0.05, 0.1) is 6.54 Å². The zero-order valence-electron chi connectivity index (χ0n) is 9.93. The van der Waals surface area contributed by atoms with Crippen molar-refractivity contribution in [2.24, 2.45) is 11.7 Å². The van der Waals surface area contributed by atoms with E-state index >= 15 is 0 Å². The van der Waals surface area contributed by atoms with Crippen LogP contribution in [0.1, 0.15) is 33.1 Å². The molecule has 1 atom stereocenters. The van der Waals surface area contributed by atoms with Crippen molar-refractivity contribution in [1.82, 2.24) is 4.90 Å². The van der Waals surface area contributed by atoms with E-state index in [9.17, 15) is 13.2 Å². The molecule has 0 amide bonds. The number of halogens is 3. The van der Waals surface area contributed by atoms with E-state index in [1.54, 1.807) is 4.90 Å². The van der Waals surface area contributed by atoms with Crippen LogP contribution in [0.15, 0.2) is 0 Å². The minimum atomic E-state index is -4.12. The molecule has 0 saturated heterocycles. The van der Waals surface area contributed by atoms with Crippen molar-refractivity contribution in [2.45, 2.75) is 51.4 Å². The first kappa shape index (κ1) is 13.8. The van der Waals surface area contributed by atoms with Gasteiger partial charge in [0.1, 0.15) is 0 Å². The first-order valence-electron chi connectivity index (χ1n) is 5.86. The van der Waals surface area contributed by atoms with E-state index < -0.39 is 12.7 Å². The van der Waals surface area contributed by atoms with Crippen LogP contribution in [-0.2, 0) is 0 Å². The smallest absolute Gasteiger partial charge is 0.329 e. The molecule has 1 rings (SSSR count). The third-order valence-electron chi connectivity index (χ3n) is 2.86. The van der Waals surface area contributed by atoms with Crippen molar-refractivity contribution < 1.29 is 13.2 Å². The predicted octanol–water partition coefficient (Wildman–Crippen LogP) is 2.39. The van der Waals surface area contributed by atoms with Gasteiger partial charge in [-0.05, 0) is 25.2 Å². The maximum atomic E-state index is 12.4. The Morgan fingerprint density at radius 2 is 1.88 bits per heavy atom. The van der Waals surface area contributed by atoms with Crippen molar-refractivity contribution in [2.75, 3.05) is 13.1 Å². The van der Waals surface area contributed by atoms with E-state index in [4.69, 9.17) is 5.73 Å². The molecule has 2 nitrogen and oxygen atoms in total. The molecular formula is C11H21F3N2. The van der Waals surface area contributed by atoms with Crippen LogP contribution >= 0.6 is 0 Å². The van der Waals surface area contributed by atoms with Crippen LogP contribution in [-0.4, -0.2) is 36.2 Å².